The van der Waals surface area contributed by atoms with Gasteiger partial charge in [0.25, 0.3) is 5.56 Å². The second-order valence-corrected chi connectivity index (χ2v) is 6.00. The third-order valence-electron chi connectivity index (χ3n) is 3.41. The molecule has 22 heavy (non-hydrogen) atoms. The molecule has 0 amide bonds. The average molecular weight is 318 g/mol. The number of benzene rings is 1. The minimum absolute atomic E-state index is 0.0338. The molecule has 0 fully saturated rings. The first-order valence-corrected chi connectivity index (χ1v) is 8.11. The fourth-order valence-electron chi connectivity index (χ4n) is 2.33. The summed E-state index contributed by atoms with van der Waals surface area (Å²) in [5.74, 6) is 1.40. The molecule has 0 saturated heterocycles. The zero-order valence-corrected chi connectivity index (χ0v) is 13.5. The van der Waals surface area contributed by atoms with Gasteiger partial charge in [0.1, 0.15) is 0 Å². The highest BCUT2D eigenvalue weighted by atomic mass is 32.1. The number of hydrogen-bond donors (Lipinski definition) is 0. The van der Waals surface area contributed by atoms with Gasteiger partial charge in [-0.2, -0.15) is 0 Å². The van der Waals surface area contributed by atoms with E-state index in [-0.39, 0.29) is 5.56 Å². The van der Waals surface area contributed by atoms with E-state index >= 15 is 0 Å². The lowest BCUT2D eigenvalue weighted by molar-refractivity contribution is 0.294. The number of rotatable bonds is 5. The van der Waals surface area contributed by atoms with Gasteiger partial charge in [-0.05, 0) is 30.2 Å². The van der Waals surface area contributed by atoms with Crippen LogP contribution >= 0.6 is 11.3 Å². The van der Waals surface area contributed by atoms with Crippen LogP contribution < -0.4 is 24.4 Å². The van der Waals surface area contributed by atoms with Gasteiger partial charge in [0.2, 0.25) is 0 Å². The monoisotopic (exact) mass is 318 g/mol. The zero-order chi connectivity index (χ0) is 15.5. The second kappa shape index (κ2) is 6.36. The quantitative estimate of drug-likeness (QED) is 0.831. The lowest BCUT2D eigenvalue weighted by Gasteiger charge is -2.10. The third-order valence-corrected chi connectivity index (χ3v) is 4.45. The first-order valence-electron chi connectivity index (χ1n) is 7.29. The minimum Gasteiger partial charge on any atom is -0.493 e. The summed E-state index contributed by atoms with van der Waals surface area (Å²) in [6, 6.07) is 5.69. The van der Waals surface area contributed by atoms with Gasteiger partial charge in [0.15, 0.2) is 16.3 Å². The van der Waals surface area contributed by atoms with Gasteiger partial charge >= 0.3 is 0 Å². The maximum absolute atomic E-state index is 12.3. The molecule has 0 aliphatic carbocycles. The van der Waals surface area contributed by atoms with Crippen molar-refractivity contribution in [2.45, 2.75) is 19.9 Å². The normalized spacial score (nSPS) is 13.8. The van der Waals surface area contributed by atoms with E-state index < -0.39 is 0 Å². The highest BCUT2D eigenvalue weighted by Gasteiger charge is 2.10. The van der Waals surface area contributed by atoms with Crippen LogP contribution in [0.2, 0.25) is 0 Å². The van der Waals surface area contributed by atoms with Crippen molar-refractivity contribution in [3.05, 3.63) is 43.5 Å². The van der Waals surface area contributed by atoms with Crippen LogP contribution in [0.1, 0.15) is 18.9 Å². The van der Waals surface area contributed by atoms with Gasteiger partial charge in [-0.1, -0.05) is 24.3 Å². The molecule has 6 heteroatoms. The van der Waals surface area contributed by atoms with E-state index in [1.54, 1.807) is 11.7 Å². The molecule has 0 radical (unpaired) electrons. The van der Waals surface area contributed by atoms with E-state index in [1.165, 1.54) is 11.3 Å². The Morgan fingerprint density at radius 2 is 2.27 bits per heavy atom. The molecule has 0 bridgehead atoms. The second-order valence-electron chi connectivity index (χ2n) is 4.99. The fourth-order valence-corrected chi connectivity index (χ4v) is 3.35. The van der Waals surface area contributed by atoms with Crippen LogP contribution in [0.25, 0.3) is 6.08 Å². The lowest BCUT2D eigenvalue weighted by Crippen LogP contribution is -2.29. The summed E-state index contributed by atoms with van der Waals surface area (Å²) in [5, 5.41) is 0. The van der Waals surface area contributed by atoms with E-state index in [2.05, 4.69) is 11.9 Å². The van der Waals surface area contributed by atoms with Crippen molar-refractivity contribution in [1.82, 2.24) is 4.57 Å². The third kappa shape index (κ3) is 2.78. The Morgan fingerprint density at radius 1 is 1.41 bits per heavy atom. The molecule has 5 nitrogen and oxygen atoms in total. The van der Waals surface area contributed by atoms with Gasteiger partial charge in [-0.3, -0.25) is 14.4 Å². The Morgan fingerprint density at radius 3 is 3.00 bits per heavy atom. The van der Waals surface area contributed by atoms with E-state index in [4.69, 9.17) is 9.47 Å². The first-order chi connectivity index (χ1) is 10.7. The Kier molecular flexibility index (Phi) is 4.29. The molecule has 0 unspecified atom stereocenters. The summed E-state index contributed by atoms with van der Waals surface area (Å²) in [6.07, 6.45) is 2.82. The van der Waals surface area contributed by atoms with Gasteiger partial charge in [-0.25, -0.2) is 0 Å². The Balaban J connectivity index is 1.99. The number of methoxy groups -OCH3 is 1. The van der Waals surface area contributed by atoms with Crippen molar-refractivity contribution in [1.29, 1.82) is 0 Å². The topological polar surface area (TPSA) is 52.8 Å². The van der Waals surface area contributed by atoms with Crippen LogP contribution in [0.5, 0.6) is 11.5 Å². The van der Waals surface area contributed by atoms with Crippen molar-refractivity contribution < 1.29 is 9.47 Å². The molecule has 3 rings (SSSR count). The Labute approximate surface area is 132 Å². The molecule has 0 spiro atoms. The molecule has 1 aliphatic heterocycles. The summed E-state index contributed by atoms with van der Waals surface area (Å²) in [4.78, 5) is 17.4. The molecular formula is C16H18N2O3S. The van der Waals surface area contributed by atoms with Crippen LogP contribution in [-0.2, 0) is 6.54 Å². The number of fused-ring (bicyclic) bond motifs is 1. The Hall–Kier alpha value is -2.08. The molecule has 1 aromatic carbocycles. The maximum atomic E-state index is 12.3. The van der Waals surface area contributed by atoms with Crippen LogP contribution in [0.3, 0.4) is 0 Å². The van der Waals surface area contributed by atoms with Gasteiger partial charge in [0, 0.05) is 6.54 Å². The molecule has 0 saturated carbocycles. The van der Waals surface area contributed by atoms with Gasteiger partial charge < -0.3 is 9.47 Å². The molecule has 0 N–H and O–H groups in total. The molecule has 2 heterocycles. The van der Waals surface area contributed by atoms with Crippen LogP contribution in [0.4, 0.5) is 0 Å². The highest BCUT2D eigenvalue weighted by Crippen LogP contribution is 2.28. The number of aromatic nitrogens is 1. The molecule has 116 valence electrons. The number of nitrogens with zero attached hydrogens (tertiary/aromatic N) is 2. The summed E-state index contributed by atoms with van der Waals surface area (Å²) in [5.41, 5.74) is 0.949. The average Bonchev–Trinajstić information content (AvgIpc) is 3.10. The smallest absolute Gasteiger partial charge is 0.270 e. The van der Waals surface area contributed by atoms with Crippen molar-refractivity contribution in [2.75, 3.05) is 20.3 Å². The van der Waals surface area contributed by atoms with Crippen LogP contribution in [-0.4, -0.2) is 24.8 Å². The van der Waals surface area contributed by atoms with Gasteiger partial charge in [-0.15, -0.1) is 0 Å². The van der Waals surface area contributed by atoms with Crippen molar-refractivity contribution >= 4 is 17.4 Å². The minimum atomic E-state index is 0.0338. The van der Waals surface area contributed by atoms with E-state index in [9.17, 15) is 4.79 Å². The van der Waals surface area contributed by atoms with Gasteiger partial charge in [0.05, 0.1) is 24.8 Å². The number of ether oxygens (including phenoxy) is 2. The standard InChI is InChI=1S/C16H18N2O3S/c1-3-8-21-12-5-4-11(9-13(12)20-2)10-14-15(19)18-7-6-17-16(18)22-14/h4-5,9-10H,3,6-8H2,1-2H3. The predicted octanol–water partition coefficient (Wildman–Crippen LogP) is 1.17. The maximum Gasteiger partial charge on any atom is 0.270 e. The molecule has 0 atom stereocenters. The highest BCUT2D eigenvalue weighted by molar-refractivity contribution is 7.07. The summed E-state index contributed by atoms with van der Waals surface area (Å²) >= 11 is 1.43. The molecule has 1 aliphatic rings. The van der Waals surface area contributed by atoms with Crippen LogP contribution in [0.15, 0.2) is 28.0 Å². The summed E-state index contributed by atoms with van der Waals surface area (Å²) in [7, 11) is 1.62. The number of hydrogen-bond acceptors (Lipinski definition) is 5. The van der Waals surface area contributed by atoms with Crippen LogP contribution in [0, 0.1) is 0 Å². The molecular weight excluding hydrogens is 300 g/mol. The van der Waals surface area contributed by atoms with E-state index in [1.807, 2.05) is 24.3 Å². The predicted molar refractivity (Wildman–Crippen MR) is 86.6 cm³/mol. The summed E-state index contributed by atoms with van der Waals surface area (Å²) < 4.78 is 13.4. The first kappa shape index (κ1) is 14.8. The molecule has 2 aromatic rings. The molecule has 1 aromatic heterocycles. The van der Waals surface area contributed by atoms with Crippen molar-refractivity contribution in [3.63, 3.8) is 0 Å². The summed E-state index contributed by atoms with van der Waals surface area (Å²) in [6.45, 7) is 4.10. The lowest BCUT2D eigenvalue weighted by atomic mass is 10.2. The van der Waals surface area contributed by atoms with E-state index in [0.717, 1.165) is 22.5 Å². The number of thiazole rings is 1. The Bertz CT molecular complexity index is 851. The van der Waals surface area contributed by atoms with Crippen molar-refractivity contribution in [2.24, 2.45) is 4.99 Å². The fraction of sp³-hybridized carbons (Fsp3) is 0.375. The SMILES string of the molecule is CCCOc1ccc(C=c2sc3n(c2=O)CCN=3)cc1OC. The van der Waals surface area contributed by atoms with Crippen molar-refractivity contribution in [3.8, 4) is 11.5 Å². The van der Waals surface area contributed by atoms with E-state index in [0.29, 0.717) is 30.0 Å². The largest absolute Gasteiger partial charge is 0.493 e. The zero-order valence-electron chi connectivity index (χ0n) is 12.7.